The lowest BCUT2D eigenvalue weighted by Crippen LogP contribution is -2.31. The van der Waals surface area contributed by atoms with Crippen LogP contribution in [0.15, 0.2) is 74.8 Å². The summed E-state index contributed by atoms with van der Waals surface area (Å²) in [5.74, 6) is 0.696. The van der Waals surface area contributed by atoms with Gasteiger partial charge < -0.3 is 9.15 Å². The Morgan fingerprint density at radius 3 is 2.40 bits per heavy atom. The lowest BCUT2D eigenvalue weighted by molar-refractivity contribution is 0.0890. The minimum Gasteiger partial charge on any atom is -0.478 e. The van der Waals surface area contributed by atoms with Crippen LogP contribution >= 0.6 is 0 Å². The average Bonchev–Trinajstić information content (AvgIpc) is 2.74. The van der Waals surface area contributed by atoms with Crippen molar-refractivity contribution in [3.63, 3.8) is 0 Å². The molecule has 0 amide bonds. The molecule has 0 spiro atoms. The Labute approximate surface area is 172 Å². The molecule has 1 aromatic heterocycles. The Balaban J connectivity index is 1.50. The number of fused-ring (bicyclic) bond motifs is 5. The molecule has 152 valence electrons. The Hall–Kier alpha value is -3.20. The van der Waals surface area contributed by atoms with E-state index in [0.29, 0.717) is 36.5 Å². The van der Waals surface area contributed by atoms with Crippen molar-refractivity contribution in [3.8, 4) is 5.75 Å². The van der Waals surface area contributed by atoms with E-state index in [-0.39, 0.29) is 10.5 Å². The summed E-state index contributed by atoms with van der Waals surface area (Å²) in [5.41, 5.74) is 1.90. The molecule has 0 atom stereocenters. The highest BCUT2D eigenvalue weighted by atomic mass is 32.2. The number of sulfonamides is 1. The van der Waals surface area contributed by atoms with Crippen LogP contribution < -0.4 is 15.5 Å². The van der Waals surface area contributed by atoms with Gasteiger partial charge in [-0.3, -0.25) is 4.90 Å². The van der Waals surface area contributed by atoms with E-state index < -0.39 is 10.0 Å². The molecule has 5 rings (SSSR count). The number of nitrogens with zero attached hydrogens (tertiary/aromatic N) is 1. The van der Waals surface area contributed by atoms with E-state index in [1.165, 1.54) is 12.1 Å². The number of rotatable bonds is 3. The summed E-state index contributed by atoms with van der Waals surface area (Å²) >= 11 is 0. The monoisotopic (exact) mass is 422 g/mol. The molecule has 4 aromatic rings. The molecule has 0 saturated heterocycles. The van der Waals surface area contributed by atoms with E-state index in [9.17, 15) is 13.2 Å². The van der Waals surface area contributed by atoms with Crippen LogP contribution in [0, 0.1) is 0 Å². The highest BCUT2D eigenvalue weighted by molar-refractivity contribution is 7.89. The highest BCUT2D eigenvalue weighted by Crippen LogP contribution is 2.34. The van der Waals surface area contributed by atoms with Crippen LogP contribution in [0.3, 0.4) is 0 Å². The summed E-state index contributed by atoms with van der Waals surface area (Å²) in [4.78, 5) is 14.6. The standard InChI is InChI=1S/C22H18N2O5S/c23-30(26,27)15-7-5-14(6-8-15)11-24-12-19-20(28-13-24)10-9-17-16-3-1-2-4-18(16)22(25)29-21(17)19/h1-10H,11-13H2,(H2,23,26,27). The van der Waals surface area contributed by atoms with Gasteiger partial charge in [0.25, 0.3) is 0 Å². The predicted octanol–water partition coefficient (Wildman–Crippen LogP) is 2.95. The summed E-state index contributed by atoms with van der Waals surface area (Å²) in [6, 6.07) is 17.6. The molecule has 0 bridgehead atoms. The molecule has 2 N–H and O–H groups in total. The number of primary sulfonamides is 1. The van der Waals surface area contributed by atoms with Crippen LogP contribution in [0.25, 0.3) is 21.7 Å². The number of hydrogen-bond donors (Lipinski definition) is 1. The van der Waals surface area contributed by atoms with Gasteiger partial charge in [-0.05, 0) is 41.3 Å². The molecule has 0 aliphatic carbocycles. The molecule has 30 heavy (non-hydrogen) atoms. The lowest BCUT2D eigenvalue weighted by Gasteiger charge is -2.29. The van der Waals surface area contributed by atoms with E-state index in [1.54, 1.807) is 18.2 Å². The summed E-state index contributed by atoms with van der Waals surface area (Å²) in [6.45, 7) is 1.44. The largest absolute Gasteiger partial charge is 0.478 e. The molecule has 0 radical (unpaired) electrons. The first-order chi connectivity index (χ1) is 14.4. The van der Waals surface area contributed by atoms with Crippen molar-refractivity contribution in [1.29, 1.82) is 0 Å². The van der Waals surface area contributed by atoms with Crippen LogP contribution in [0.4, 0.5) is 0 Å². The van der Waals surface area contributed by atoms with Crippen molar-refractivity contribution >= 4 is 31.8 Å². The van der Waals surface area contributed by atoms with E-state index in [2.05, 4.69) is 0 Å². The van der Waals surface area contributed by atoms with Gasteiger partial charge in [0.1, 0.15) is 18.1 Å². The molecule has 1 aliphatic heterocycles. The first-order valence-electron chi connectivity index (χ1n) is 9.34. The minimum atomic E-state index is -3.72. The number of hydrogen-bond acceptors (Lipinski definition) is 6. The molecule has 3 aromatic carbocycles. The van der Waals surface area contributed by atoms with Crippen molar-refractivity contribution in [2.45, 2.75) is 18.0 Å². The van der Waals surface area contributed by atoms with Crippen molar-refractivity contribution in [2.75, 3.05) is 6.73 Å². The van der Waals surface area contributed by atoms with Gasteiger partial charge in [-0.1, -0.05) is 30.3 Å². The lowest BCUT2D eigenvalue weighted by atomic mass is 10.0. The van der Waals surface area contributed by atoms with Gasteiger partial charge in [0.05, 0.1) is 15.8 Å². The van der Waals surface area contributed by atoms with E-state index in [0.717, 1.165) is 21.9 Å². The van der Waals surface area contributed by atoms with Gasteiger partial charge in [-0.25, -0.2) is 18.4 Å². The smallest absolute Gasteiger partial charge is 0.344 e. The van der Waals surface area contributed by atoms with E-state index >= 15 is 0 Å². The second kappa shape index (κ2) is 6.94. The fourth-order valence-electron chi connectivity index (χ4n) is 3.84. The maximum absolute atomic E-state index is 12.5. The van der Waals surface area contributed by atoms with E-state index in [4.69, 9.17) is 14.3 Å². The summed E-state index contributed by atoms with van der Waals surface area (Å²) < 4.78 is 34.4. The fourth-order valence-corrected chi connectivity index (χ4v) is 4.36. The quantitative estimate of drug-likeness (QED) is 0.402. The first kappa shape index (κ1) is 18.8. The Kier molecular flexibility index (Phi) is 4.35. The summed E-state index contributed by atoms with van der Waals surface area (Å²) in [6.07, 6.45) is 0. The maximum atomic E-state index is 12.5. The molecule has 8 heteroatoms. The molecular weight excluding hydrogens is 404 g/mol. The van der Waals surface area contributed by atoms with Gasteiger partial charge in [0.15, 0.2) is 0 Å². The first-order valence-corrected chi connectivity index (χ1v) is 10.9. The zero-order chi connectivity index (χ0) is 20.9. The van der Waals surface area contributed by atoms with Crippen LogP contribution in [-0.2, 0) is 23.1 Å². The third kappa shape index (κ3) is 3.24. The van der Waals surface area contributed by atoms with Gasteiger partial charge in [-0.15, -0.1) is 0 Å². The van der Waals surface area contributed by atoms with Crippen LogP contribution in [0.5, 0.6) is 5.75 Å². The van der Waals surface area contributed by atoms with Crippen molar-refractivity contribution < 1.29 is 17.6 Å². The van der Waals surface area contributed by atoms with Gasteiger partial charge in [0.2, 0.25) is 10.0 Å². The molecular formula is C22H18N2O5S. The van der Waals surface area contributed by atoms with Crippen LogP contribution in [-0.4, -0.2) is 20.0 Å². The van der Waals surface area contributed by atoms with Crippen molar-refractivity contribution in [1.82, 2.24) is 4.90 Å². The molecule has 2 heterocycles. The Bertz CT molecular complexity index is 1440. The average molecular weight is 422 g/mol. The van der Waals surface area contributed by atoms with Gasteiger partial charge in [-0.2, -0.15) is 0 Å². The number of benzene rings is 3. The zero-order valence-corrected chi connectivity index (χ0v) is 16.7. The topological polar surface area (TPSA) is 103 Å². The van der Waals surface area contributed by atoms with Crippen molar-refractivity contribution in [2.24, 2.45) is 5.14 Å². The van der Waals surface area contributed by atoms with Crippen LogP contribution in [0.2, 0.25) is 0 Å². The molecule has 0 unspecified atom stereocenters. The Morgan fingerprint density at radius 2 is 1.67 bits per heavy atom. The van der Waals surface area contributed by atoms with Crippen LogP contribution in [0.1, 0.15) is 11.1 Å². The zero-order valence-electron chi connectivity index (χ0n) is 15.9. The molecule has 1 aliphatic rings. The third-order valence-electron chi connectivity index (χ3n) is 5.29. The normalized spacial score (nSPS) is 14.6. The minimum absolute atomic E-state index is 0.0751. The highest BCUT2D eigenvalue weighted by Gasteiger charge is 2.22. The summed E-state index contributed by atoms with van der Waals surface area (Å²) in [5, 5.41) is 7.42. The SMILES string of the molecule is NS(=O)(=O)c1ccc(CN2COc3ccc4c(oc(=O)c5ccccc54)c3C2)cc1. The van der Waals surface area contributed by atoms with Crippen molar-refractivity contribution in [3.05, 3.63) is 82.2 Å². The fraction of sp³-hybridized carbons (Fsp3) is 0.136. The third-order valence-corrected chi connectivity index (χ3v) is 6.22. The van der Waals surface area contributed by atoms with E-state index in [1.807, 2.05) is 35.2 Å². The number of ether oxygens (including phenoxy) is 1. The predicted molar refractivity (Wildman–Crippen MR) is 113 cm³/mol. The molecule has 0 saturated carbocycles. The summed E-state index contributed by atoms with van der Waals surface area (Å²) in [7, 11) is -3.72. The second-order valence-corrected chi connectivity index (χ2v) is 8.86. The Morgan fingerprint density at radius 1 is 0.933 bits per heavy atom. The second-order valence-electron chi connectivity index (χ2n) is 7.30. The maximum Gasteiger partial charge on any atom is 0.344 e. The molecule has 7 nitrogen and oxygen atoms in total. The van der Waals surface area contributed by atoms with Gasteiger partial charge in [0, 0.05) is 18.5 Å². The van der Waals surface area contributed by atoms with Gasteiger partial charge >= 0.3 is 5.63 Å². The molecule has 0 fully saturated rings. The number of nitrogens with two attached hydrogens (primary N) is 1.